The van der Waals surface area contributed by atoms with E-state index in [0.717, 1.165) is 24.0 Å². The second-order valence-corrected chi connectivity index (χ2v) is 7.28. The number of rotatable bonds is 10. The summed E-state index contributed by atoms with van der Waals surface area (Å²) >= 11 is 0. The third kappa shape index (κ3) is 6.81. The Morgan fingerprint density at radius 3 is 2.15 bits per heavy atom. The zero-order valence-electron chi connectivity index (χ0n) is 16.5. The lowest BCUT2D eigenvalue weighted by atomic mass is 9.96. The molecule has 0 fully saturated rings. The van der Waals surface area contributed by atoms with Crippen molar-refractivity contribution in [2.75, 3.05) is 6.54 Å². The molecule has 2 rings (SSSR count). The fraction of sp³-hybridized carbons (Fsp3) is 0.435. The van der Waals surface area contributed by atoms with E-state index in [1.54, 1.807) is 0 Å². The van der Waals surface area contributed by atoms with Gasteiger partial charge in [-0.2, -0.15) is 0 Å². The summed E-state index contributed by atoms with van der Waals surface area (Å²) in [6, 6.07) is 18.7. The third-order valence-corrected chi connectivity index (χ3v) is 4.73. The van der Waals surface area contributed by atoms with Crippen molar-refractivity contribution < 1.29 is 14.6 Å². The van der Waals surface area contributed by atoms with Crippen LogP contribution < -0.4 is 5.32 Å². The van der Waals surface area contributed by atoms with Crippen LogP contribution in [-0.2, 0) is 9.53 Å². The molecule has 27 heavy (non-hydrogen) atoms. The molecule has 2 aromatic rings. The second kappa shape index (κ2) is 10.2. The Labute approximate surface area is 162 Å². The van der Waals surface area contributed by atoms with E-state index in [-0.39, 0.29) is 12.1 Å². The van der Waals surface area contributed by atoms with Crippen LogP contribution in [0, 0.1) is 0 Å². The summed E-state index contributed by atoms with van der Waals surface area (Å²) in [6.07, 6.45) is 1.91. The number of carbonyl (C=O) groups excluding carboxylic acids is 1. The molecule has 146 valence electrons. The fourth-order valence-electron chi connectivity index (χ4n) is 3.17. The summed E-state index contributed by atoms with van der Waals surface area (Å²) in [6.45, 7) is 6.30. The van der Waals surface area contributed by atoms with Crippen LogP contribution in [0.25, 0.3) is 0 Å². The highest BCUT2D eigenvalue weighted by molar-refractivity contribution is 5.78. The molecule has 0 amide bonds. The van der Waals surface area contributed by atoms with Crippen LogP contribution in [0.3, 0.4) is 0 Å². The first-order chi connectivity index (χ1) is 12.9. The van der Waals surface area contributed by atoms with Crippen molar-refractivity contribution in [3.8, 4) is 0 Å². The molecule has 0 spiro atoms. The molecule has 0 aliphatic carbocycles. The Morgan fingerprint density at radius 1 is 1.04 bits per heavy atom. The highest BCUT2D eigenvalue weighted by atomic mass is 16.5. The van der Waals surface area contributed by atoms with E-state index >= 15 is 0 Å². The normalized spacial score (nSPS) is 15.6. The predicted octanol–water partition coefficient (Wildman–Crippen LogP) is 4.56. The minimum atomic E-state index is -0.732. The van der Waals surface area contributed by atoms with E-state index in [1.165, 1.54) is 0 Å². The average Bonchev–Trinajstić information content (AvgIpc) is 2.66. The summed E-state index contributed by atoms with van der Waals surface area (Å²) in [5.74, 6) is -0.312. The predicted molar refractivity (Wildman–Crippen MR) is 108 cm³/mol. The highest BCUT2D eigenvalue weighted by Gasteiger charge is 2.25. The second-order valence-electron chi connectivity index (χ2n) is 7.28. The minimum absolute atomic E-state index is 0.312. The van der Waals surface area contributed by atoms with Gasteiger partial charge >= 0.3 is 5.97 Å². The number of aliphatic hydroxyl groups is 1. The van der Waals surface area contributed by atoms with E-state index in [1.807, 2.05) is 74.5 Å². The molecule has 0 bridgehead atoms. The Hall–Kier alpha value is -2.17. The summed E-state index contributed by atoms with van der Waals surface area (Å²) in [5.41, 5.74) is 1.09. The van der Waals surface area contributed by atoms with E-state index in [2.05, 4.69) is 12.2 Å². The van der Waals surface area contributed by atoms with E-state index < -0.39 is 11.6 Å². The molecule has 0 aliphatic rings. The minimum Gasteiger partial charge on any atom is -0.456 e. The highest BCUT2D eigenvalue weighted by Crippen LogP contribution is 2.22. The van der Waals surface area contributed by atoms with Gasteiger partial charge in [-0.15, -0.1) is 0 Å². The SMILES string of the molecule is CCCC(C)(O)CCN[C@@H](C(=O)O[C@@H](C)c1ccccc1)c1ccccc1. The molecule has 0 saturated carbocycles. The van der Waals surface area contributed by atoms with Gasteiger partial charge in [0.25, 0.3) is 0 Å². The standard InChI is InChI=1S/C23H31NO3/c1-4-15-23(3,26)16-17-24-21(20-13-9-6-10-14-20)22(25)27-18(2)19-11-7-5-8-12-19/h5-14,18,21,24,26H,4,15-17H2,1-3H3/t18-,21+,23?/m0/s1. The molecule has 4 heteroatoms. The number of esters is 1. The van der Waals surface area contributed by atoms with Crippen molar-refractivity contribution in [3.05, 3.63) is 71.8 Å². The van der Waals surface area contributed by atoms with Gasteiger partial charge in [0, 0.05) is 0 Å². The summed E-state index contributed by atoms with van der Waals surface area (Å²) in [4.78, 5) is 12.9. The molecule has 1 unspecified atom stereocenters. The first-order valence-corrected chi connectivity index (χ1v) is 9.69. The lowest BCUT2D eigenvalue weighted by Gasteiger charge is -2.25. The molecule has 0 aliphatic heterocycles. The van der Waals surface area contributed by atoms with Crippen molar-refractivity contribution in [1.29, 1.82) is 0 Å². The largest absolute Gasteiger partial charge is 0.456 e. The van der Waals surface area contributed by atoms with Crippen LogP contribution in [0.5, 0.6) is 0 Å². The summed E-state index contributed by atoms with van der Waals surface area (Å²) < 4.78 is 5.72. The first kappa shape index (κ1) is 21.1. The molecule has 0 aromatic heterocycles. The number of benzene rings is 2. The van der Waals surface area contributed by atoms with Crippen LogP contribution in [0.15, 0.2) is 60.7 Å². The smallest absolute Gasteiger partial charge is 0.328 e. The Bertz CT molecular complexity index is 685. The maximum atomic E-state index is 12.9. The zero-order chi connectivity index (χ0) is 19.7. The number of hydrogen-bond donors (Lipinski definition) is 2. The van der Waals surface area contributed by atoms with Crippen molar-refractivity contribution in [1.82, 2.24) is 5.32 Å². The number of nitrogens with one attached hydrogen (secondary N) is 1. The van der Waals surface area contributed by atoms with Crippen molar-refractivity contribution in [2.45, 2.75) is 57.8 Å². The van der Waals surface area contributed by atoms with Crippen LogP contribution in [-0.4, -0.2) is 23.2 Å². The van der Waals surface area contributed by atoms with Gasteiger partial charge < -0.3 is 15.2 Å². The number of carbonyl (C=O) groups is 1. The molecule has 2 N–H and O–H groups in total. The molecule has 0 radical (unpaired) electrons. The van der Waals surface area contributed by atoms with Crippen LogP contribution >= 0.6 is 0 Å². The number of hydrogen-bond acceptors (Lipinski definition) is 4. The Morgan fingerprint density at radius 2 is 1.59 bits per heavy atom. The van der Waals surface area contributed by atoms with Crippen LogP contribution in [0.1, 0.15) is 63.3 Å². The molecule has 0 heterocycles. The van der Waals surface area contributed by atoms with Gasteiger partial charge in [-0.25, -0.2) is 4.79 Å². The fourth-order valence-corrected chi connectivity index (χ4v) is 3.17. The maximum Gasteiger partial charge on any atom is 0.328 e. The molecular formula is C23H31NO3. The summed E-state index contributed by atoms with van der Waals surface area (Å²) in [5, 5.41) is 13.6. The summed E-state index contributed by atoms with van der Waals surface area (Å²) in [7, 11) is 0. The van der Waals surface area contributed by atoms with E-state index in [4.69, 9.17) is 4.74 Å². The molecule has 3 atom stereocenters. The molecular weight excluding hydrogens is 338 g/mol. The average molecular weight is 370 g/mol. The van der Waals surface area contributed by atoms with Crippen molar-refractivity contribution in [2.24, 2.45) is 0 Å². The van der Waals surface area contributed by atoms with Gasteiger partial charge in [-0.3, -0.25) is 0 Å². The number of ether oxygens (including phenoxy) is 1. The van der Waals surface area contributed by atoms with Crippen LogP contribution in [0.2, 0.25) is 0 Å². The van der Waals surface area contributed by atoms with Crippen LogP contribution in [0.4, 0.5) is 0 Å². The Balaban J connectivity index is 2.05. The van der Waals surface area contributed by atoms with E-state index in [9.17, 15) is 9.90 Å². The quantitative estimate of drug-likeness (QED) is 0.603. The van der Waals surface area contributed by atoms with Gasteiger partial charge in [0.15, 0.2) is 0 Å². The monoisotopic (exact) mass is 369 g/mol. The topological polar surface area (TPSA) is 58.6 Å². The maximum absolute atomic E-state index is 12.9. The third-order valence-electron chi connectivity index (χ3n) is 4.73. The van der Waals surface area contributed by atoms with Crippen molar-refractivity contribution >= 4 is 5.97 Å². The van der Waals surface area contributed by atoms with Gasteiger partial charge in [0.1, 0.15) is 12.1 Å². The zero-order valence-corrected chi connectivity index (χ0v) is 16.5. The van der Waals surface area contributed by atoms with Gasteiger partial charge in [0.2, 0.25) is 0 Å². The van der Waals surface area contributed by atoms with Gasteiger partial charge in [0.05, 0.1) is 5.60 Å². The molecule has 2 aromatic carbocycles. The van der Waals surface area contributed by atoms with E-state index in [0.29, 0.717) is 13.0 Å². The van der Waals surface area contributed by atoms with Gasteiger partial charge in [-0.1, -0.05) is 74.0 Å². The Kier molecular flexibility index (Phi) is 8.01. The van der Waals surface area contributed by atoms with Gasteiger partial charge in [-0.05, 0) is 44.4 Å². The first-order valence-electron chi connectivity index (χ1n) is 9.69. The lowest BCUT2D eigenvalue weighted by molar-refractivity contribution is -0.151. The molecule has 4 nitrogen and oxygen atoms in total. The van der Waals surface area contributed by atoms with Crippen molar-refractivity contribution in [3.63, 3.8) is 0 Å². The lowest BCUT2D eigenvalue weighted by Crippen LogP contribution is -2.35. The molecule has 0 saturated heterocycles.